The largest absolute Gasteiger partial charge is 0.497 e. The molecule has 0 fully saturated rings. The maximum Gasteiger partial charge on any atom is 0.255 e. The van der Waals surface area contributed by atoms with E-state index in [1.54, 1.807) is 49.6 Å². The Kier molecular flexibility index (Phi) is 4.52. The van der Waals surface area contributed by atoms with Gasteiger partial charge in [-0.2, -0.15) is 0 Å². The topological polar surface area (TPSA) is 64.4 Å². The number of nitrogens with zero attached hydrogens (tertiary/aromatic N) is 1. The van der Waals surface area contributed by atoms with Gasteiger partial charge in [-0.05, 0) is 60.7 Å². The molecule has 4 rings (SSSR count). The van der Waals surface area contributed by atoms with Crippen LogP contribution in [-0.4, -0.2) is 18.0 Å². The molecule has 1 aromatic heterocycles. The molecule has 0 aliphatic carbocycles. The van der Waals surface area contributed by atoms with E-state index in [-0.39, 0.29) is 5.91 Å². The molecule has 0 bridgehead atoms. The lowest BCUT2D eigenvalue weighted by Gasteiger charge is -2.05. The van der Waals surface area contributed by atoms with Crippen LogP contribution in [0.1, 0.15) is 10.4 Å². The third kappa shape index (κ3) is 3.64. The van der Waals surface area contributed by atoms with E-state index in [9.17, 15) is 4.79 Å². The van der Waals surface area contributed by atoms with Crippen LogP contribution in [0.4, 0.5) is 5.69 Å². The number of fused-ring (bicyclic) bond motifs is 1. The summed E-state index contributed by atoms with van der Waals surface area (Å²) < 4.78 is 11.0. The predicted octanol–water partition coefficient (Wildman–Crippen LogP) is 5.41. The van der Waals surface area contributed by atoms with Gasteiger partial charge in [0.15, 0.2) is 5.58 Å². The smallest absolute Gasteiger partial charge is 0.255 e. The Bertz CT molecular complexity index is 1120. The van der Waals surface area contributed by atoms with Crippen LogP contribution in [0.25, 0.3) is 22.6 Å². The van der Waals surface area contributed by atoms with Crippen molar-refractivity contribution in [1.29, 1.82) is 0 Å². The highest BCUT2D eigenvalue weighted by Gasteiger charge is 2.11. The molecule has 0 unspecified atom stereocenters. The number of amides is 1. The number of anilines is 1. The van der Waals surface area contributed by atoms with Crippen molar-refractivity contribution >= 4 is 34.3 Å². The van der Waals surface area contributed by atoms with E-state index in [1.165, 1.54) is 0 Å². The van der Waals surface area contributed by atoms with Gasteiger partial charge in [0.05, 0.1) is 7.11 Å². The summed E-state index contributed by atoms with van der Waals surface area (Å²) in [5, 5.41) is 3.36. The molecule has 0 radical (unpaired) electrons. The minimum atomic E-state index is -0.240. The highest BCUT2D eigenvalue weighted by atomic mass is 35.5. The summed E-state index contributed by atoms with van der Waals surface area (Å²) in [7, 11) is 1.62. The van der Waals surface area contributed by atoms with Gasteiger partial charge in [0, 0.05) is 21.8 Å². The number of hydrogen-bond donors (Lipinski definition) is 1. The van der Waals surface area contributed by atoms with Crippen LogP contribution in [0.5, 0.6) is 5.75 Å². The summed E-state index contributed by atoms with van der Waals surface area (Å²) in [4.78, 5) is 16.9. The molecule has 4 aromatic rings. The number of benzene rings is 3. The predicted molar refractivity (Wildman–Crippen MR) is 105 cm³/mol. The number of carbonyl (C=O) groups excluding carboxylic acids is 1. The molecule has 3 aromatic carbocycles. The summed E-state index contributed by atoms with van der Waals surface area (Å²) >= 11 is 5.94. The normalized spacial score (nSPS) is 10.7. The molecule has 0 saturated carbocycles. The molecule has 0 spiro atoms. The van der Waals surface area contributed by atoms with Crippen molar-refractivity contribution in [2.75, 3.05) is 12.4 Å². The van der Waals surface area contributed by atoms with Gasteiger partial charge >= 0.3 is 0 Å². The van der Waals surface area contributed by atoms with Gasteiger partial charge in [0.2, 0.25) is 5.89 Å². The van der Waals surface area contributed by atoms with Crippen molar-refractivity contribution in [2.45, 2.75) is 0 Å². The van der Waals surface area contributed by atoms with Gasteiger partial charge < -0.3 is 14.5 Å². The molecule has 1 heterocycles. The zero-order valence-corrected chi connectivity index (χ0v) is 15.2. The van der Waals surface area contributed by atoms with E-state index in [0.717, 1.165) is 11.3 Å². The van der Waals surface area contributed by atoms with Gasteiger partial charge in [0.1, 0.15) is 11.3 Å². The summed E-state index contributed by atoms with van der Waals surface area (Å²) in [6, 6.07) is 19.6. The number of oxazole rings is 1. The molecule has 0 atom stereocenters. The Morgan fingerprint density at radius 1 is 1.07 bits per heavy atom. The Hall–Kier alpha value is -3.31. The van der Waals surface area contributed by atoms with Crippen molar-refractivity contribution < 1.29 is 13.9 Å². The zero-order chi connectivity index (χ0) is 18.8. The summed E-state index contributed by atoms with van der Waals surface area (Å²) in [6.45, 7) is 0. The molecule has 1 amide bonds. The molecule has 0 aliphatic heterocycles. The number of rotatable bonds is 4. The first-order valence-corrected chi connectivity index (χ1v) is 8.62. The van der Waals surface area contributed by atoms with E-state index in [4.69, 9.17) is 20.8 Å². The molecule has 0 aliphatic rings. The molecular formula is C21H15ClN2O3. The lowest BCUT2D eigenvalue weighted by atomic mass is 10.2. The van der Waals surface area contributed by atoms with Crippen LogP contribution in [-0.2, 0) is 0 Å². The number of aromatic nitrogens is 1. The number of carbonyl (C=O) groups is 1. The highest BCUT2D eigenvalue weighted by molar-refractivity contribution is 6.31. The maximum atomic E-state index is 12.4. The Morgan fingerprint density at radius 2 is 1.89 bits per heavy atom. The van der Waals surface area contributed by atoms with E-state index in [2.05, 4.69) is 10.3 Å². The average molecular weight is 379 g/mol. The van der Waals surface area contributed by atoms with E-state index in [0.29, 0.717) is 33.3 Å². The standard InChI is InChI=1S/C21H15ClN2O3/c1-26-17-8-5-13(6-9-17)21-24-18-12-16(7-10-19(18)27-21)23-20(25)14-3-2-4-15(22)11-14/h2-12H,1H3,(H,23,25). The lowest BCUT2D eigenvalue weighted by molar-refractivity contribution is 0.102. The quantitative estimate of drug-likeness (QED) is 0.515. The minimum absolute atomic E-state index is 0.240. The van der Waals surface area contributed by atoms with Gasteiger partial charge in [-0.3, -0.25) is 4.79 Å². The number of halogens is 1. The van der Waals surface area contributed by atoms with Crippen LogP contribution >= 0.6 is 11.6 Å². The molecular weight excluding hydrogens is 364 g/mol. The maximum absolute atomic E-state index is 12.4. The molecule has 6 heteroatoms. The third-order valence-corrected chi connectivity index (χ3v) is 4.30. The third-order valence-electron chi connectivity index (χ3n) is 4.07. The fraction of sp³-hybridized carbons (Fsp3) is 0.0476. The Labute approximate surface area is 160 Å². The molecule has 27 heavy (non-hydrogen) atoms. The number of nitrogens with one attached hydrogen (secondary N) is 1. The number of ether oxygens (including phenoxy) is 1. The molecule has 0 saturated heterocycles. The number of hydrogen-bond acceptors (Lipinski definition) is 4. The van der Waals surface area contributed by atoms with Crippen molar-refractivity contribution in [3.8, 4) is 17.2 Å². The summed E-state index contributed by atoms with van der Waals surface area (Å²) in [5.41, 5.74) is 3.26. The number of methoxy groups -OCH3 is 1. The first kappa shape index (κ1) is 17.1. The fourth-order valence-electron chi connectivity index (χ4n) is 2.70. The summed E-state index contributed by atoms with van der Waals surface area (Å²) in [5.74, 6) is 1.03. The van der Waals surface area contributed by atoms with Crippen LogP contribution in [0.2, 0.25) is 5.02 Å². The fourth-order valence-corrected chi connectivity index (χ4v) is 2.89. The second-order valence-electron chi connectivity index (χ2n) is 5.89. The van der Waals surface area contributed by atoms with Crippen molar-refractivity contribution in [3.05, 3.63) is 77.3 Å². The highest BCUT2D eigenvalue weighted by Crippen LogP contribution is 2.27. The van der Waals surface area contributed by atoms with Crippen LogP contribution in [0.15, 0.2) is 71.1 Å². The average Bonchev–Trinajstić information content (AvgIpc) is 3.11. The molecule has 134 valence electrons. The SMILES string of the molecule is COc1ccc(-c2nc3cc(NC(=O)c4cccc(Cl)c4)ccc3o2)cc1. The van der Waals surface area contributed by atoms with Crippen LogP contribution in [0.3, 0.4) is 0 Å². The van der Waals surface area contributed by atoms with Gasteiger partial charge in [-0.25, -0.2) is 4.98 Å². The Balaban J connectivity index is 1.59. The second kappa shape index (κ2) is 7.13. The van der Waals surface area contributed by atoms with Crippen molar-refractivity contribution in [3.63, 3.8) is 0 Å². The Morgan fingerprint density at radius 3 is 2.63 bits per heavy atom. The van der Waals surface area contributed by atoms with Crippen molar-refractivity contribution in [2.24, 2.45) is 0 Å². The first-order chi connectivity index (χ1) is 13.1. The minimum Gasteiger partial charge on any atom is -0.497 e. The zero-order valence-electron chi connectivity index (χ0n) is 14.4. The lowest BCUT2D eigenvalue weighted by Crippen LogP contribution is -2.11. The van der Waals surface area contributed by atoms with Gasteiger partial charge in [0.25, 0.3) is 5.91 Å². The summed E-state index contributed by atoms with van der Waals surface area (Å²) in [6.07, 6.45) is 0. The van der Waals surface area contributed by atoms with Crippen LogP contribution < -0.4 is 10.1 Å². The first-order valence-electron chi connectivity index (χ1n) is 8.24. The monoisotopic (exact) mass is 378 g/mol. The van der Waals surface area contributed by atoms with E-state index < -0.39 is 0 Å². The second-order valence-corrected chi connectivity index (χ2v) is 6.33. The van der Waals surface area contributed by atoms with Crippen LogP contribution in [0, 0.1) is 0 Å². The van der Waals surface area contributed by atoms with E-state index >= 15 is 0 Å². The van der Waals surface area contributed by atoms with Crippen molar-refractivity contribution in [1.82, 2.24) is 4.98 Å². The van der Waals surface area contributed by atoms with Gasteiger partial charge in [-0.15, -0.1) is 0 Å². The van der Waals surface area contributed by atoms with Gasteiger partial charge in [-0.1, -0.05) is 17.7 Å². The molecule has 1 N–H and O–H groups in total. The molecule has 5 nitrogen and oxygen atoms in total. The van der Waals surface area contributed by atoms with E-state index in [1.807, 2.05) is 24.3 Å².